The Morgan fingerprint density at radius 1 is 1.32 bits per heavy atom. The summed E-state index contributed by atoms with van der Waals surface area (Å²) in [7, 11) is 1.19. The quantitative estimate of drug-likeness (QED) is 0.189. The summed E-state index contributed by atoms with van der Waals surface area (Å²) in [5, 5.41) is 0. The van der Waals surface area contributed by atoms with E-state index in [1.165, 1.54) is 0 Å². The predicted molar refractivity (Wildman–Crippen MR) is 81.8 cm³/mol. The molecule has 0 aliphatic rings. The van der Waals surface area contributed by atoms with Gasteiger partial charge in [0.2, 0.25) is 0 Å². The molecule has 0 heterocycles. The van der Waals surface area contributed by atoms with Crippen molar-refractivity contribution >= 4 is 13.8 Å². The zero-order valence-corrected chi connectivity index (χ0v) is 14.6. The van der Waals surface area contributed by atoms with Crippen molar-refractivity contribution in [1.29, 1.82) is 0 Å². The Kier molecular flexibility index (Phi) is 9.80. The van der Waals surface area contributed by atoms with Crippen molar-refractivity contribution in [2.75, 3.05) is 34.4 Å². The van der Waals surface area contributed by atoms with Crippen LogP contribution in [0.25, 0.3) is 0 Å². The van der Waals surface area contributed by atoms with E-state index in [1.807, 2.05) is 21.1 Å². The van der Waals surface area contributed by atoms with E-state index in [2.05, 4.69) is 11.1 Å². The monoisotopic (exact) mass is 337 g/mol. The SMILES string of the molecule is C=CC(=O)OCCCCCCC(COP(=O)([O-])O)[N+](C)(C)C. The lowest BCUT2D eigenvalue weighted by Gasteiger charge is -2.35. The highest BCUT2D eigenvalue weighted by Crippen LogP contribution is 2.31. The van der Waals surface area contributed by atoms with E-state index in [4.69, 9.17) is 9.63 Å². The minimum Gasteiger partial charge on any atom is -0.756 e. The molecule has 22 heavy (non-hydrogen) atoms. The summed E-state index contributed by atoms with van der Waals surface area (Å²) in [6.45, 7) is 3.67. The van der Waals surface area contributed by atoms with Gasteiger partial charge < -0.3 is 23.5 Å². The van der Waals surface area contributed by atoms with Crippen LogP contribution in [0.3, 0.4) is 0 Å². The molecule has 2 atom stereocenters. The highest BCUT2D eigenvalue weighted by Gasteiger charge is 2.24. The molecule has 0 aliphatic carbocycles. The third kappa shape index (κ3) is 11.9. The number of phosphoric ester groups is 1. The number of phosphoric acid groups is 1. The highest BCUT2D eigenvalue weighted by molar-refractivity contribution is 7.44. The molecule has 0 spiro atoms. The zero-order valence-electron chi connectivity index (χ0n) is 13.7. The van der Waals surface area contributed by atoms with Crippen molar-refractivity contribution in [2.24, 2.45) is 0 Å². The minimum absolute atomic E-state index is 0.0204. The average Bonchev–Trinajstić information content (AvgIpc) is 2.37. The van der Waals surface area contributed by atoms with Gasteiger partial charge in [-0.15, -0.1) is 0 Å². The number of rotatable bonds is 12. The molecule has 0 saturated heterocycles. The highest BCUT2D eigenvalue weighted by atomic mass is 31.2. The van der Waals surface area contributed by atoms with Crippen LogP contribution in [0.2, 0.25) is 0 Å². The Balaban J connectivity index is 3.92. The molecule has 0 aromatic rings. The van der Waals surface area contributed by atoms with Gasteiger partial charge in [-0.3, -0.25) is 4.57 Å². The number of quaternary nitrogens is 1. The summed E-state index contributed by atoms with van der Waals surface area (Å²) in [6.07, 6.45) is 5.51. The van der Waals surface area contributed by atoms with Gasteiger partial charge in [0.25, 0.3) is 7.82 Å². The first-order valence-electron chi connectivity index (χ1n) is 7.35. The molecule has 1 N–H and O–H groups in total. The second kappa shape index (κ2) is 10.1. The number of carbonyl (C=O) groups excluding carboxylic acids is 1. The third-order valence-corrected chi connectivity index (χ3v) is 3.84. The molecule has 0 aromatic heterocycles. The van der Waals surface area contributed by atoms with Gasteiger partial charge in [0.05, 0.1) is 27.7 Å². The van der Waals surface area contributed by atoms with Gasteiger partial charge in [0, 0.05) is 12.5 Å². The van der Waals surface area contributed by atoms with Crippen molar-refractivity contribution in [3.63, 3.8) is 0 Å². The molecular weight excluding hydrogens is 309 g/mol. The van der Waals surface area contributed by atoms with Gasteiger partial charge in [0.15, 0.2) is 0 Å². The fraction of sp³-hybridized carbons (Fsp3) is 0.786. The Hall–Kier alpha value is -0.720. The first kappa shape index (κ1) is 21.3. The molecule has 0 rings (SSSR count). The van der Waals surface area contributed by atoms with Crippen molar-refractivity contribution in [3.8, 4) is 0 Å². The first-order chi connectivity index (χ1) is 10.1. The molecule has 7 nitrogen and oxygen atoms in total. The van der Waals surface area contributed by atoms with Crippen LogP contribution in [0, 0.1) is 0 Å². The molecule has 0 saturated carbocycles. The van der Waals surface area contributed by atoms with Gasteiger partial charge in [0.1, 0.15) is 12.6 Å². The summed E-state index contributed by atoms with van der Waals surface area (Å²) in [5.41, 5.74) is 0. The van der Waals surface area contributed by atoms with Crippen LogP contribution in [0.5, 0.6) is 0 Å². The molecule has 8 heteroatoms. The normalized spacial score (nSPS) is 15.9. The van der Waals surface area contributed by atoms with Crippen LogP contribution < -0.4 is 4.89 Å². The second-order valence-electron chi connectivity index (χ2n) is 6.11. The van der Waals surface area contributed by atoms with Gasteiger partial charge >= 0.3 is 5.97 Å². The van der Waals surface area contributed by atoms with Crippen LogP contribution in [-0.2, 0) is 18.6 Å². The third-order valence-electron chi connectivity index (χ3n) is 3.37. The number of unbranched alkanes of at least 4 members (excludes halogenated alkanes) is 3. The van der Waals surface area contributed by atoms with E-state index in [9.17, 15) is 14.3 Å². The summed E-state index contributed by atoms with van der Waals surface area (Å²) >= 11 is 0. The molecule has 0 aromatic carbocycles. The van der Waals surface area contributed by atoms with Crippen LogP contribution >= 0.6 is 7.82 Å². The second-order valence-corrected chi connectivity index (χ2v) is 7.30. The molecule has 2 unspecified atom stereocenters. The number of likely N-dealkylation sites (N-methyl/N-ethyl adjacent to an activating group) is 1. The van der Waals surface area contributed by atoms with Crippen molar-refractivity contribution < 1.29 is 32.9 Å². The van der Waals surface area contributed by atoms with E-state index >= 15 is 0 Å². The summed E-state index contributed by atoms with van der Waals surface area (Å²) in [5.74, 6) is -0.409. The van der Waals surface area contributed by atoms with Crippen LogP contribution in [0.1, 0.15) is 32.1 Å². The molecule has 130 valence electrons. The van der Waals surface area contributed by atoms with Crippen LogP contribution in [0.4, 0.5) is 0 Å². The molecule has 0 aliphatic heterocycles. The predicted octanol–water partition coefficient (Wildman–Crippen LogP) is 1.22. The molecule has 0 radical (unpaired) electrons. The number of carbonyl (C=O) groups is 1. The topological polar surface area (TPSA) is 95.9 Å². The fourth-order valence-corrected chi connectivity index (χ4v) is 2.30. The number of nitrogens with zero attached hydrogens (tertiary/aromatic N) is 1. The Morgan fingerprint density at radius 2 is 1.91 bits per heavy atom. The Bertz CT molecular complexity index is 387. The first-order valence-corrected chi connectivity index (χ1v) is 8.84. The molecule has 0 bridgehead atoms. The van der Waals surface area contributed by atoms with Crippen molar-refractivity contribution in [3.05, 3.63) is 12.7 Å². The maximum atomic E-state index is 10.8. The lowest BCUT2D eigenvalue weighted by molar-refractivity contribution is -0.896. The minimum atomic E-state index is -4.67. The smallest absolute Gasteiger partial charge is 0.330 e. The zero-order chi connectivity index (χ0) is 17.2. The van der Waals surface area contributed by atoms with Gasteiger partial charge in [-0.05, 0) is 12.8 Å². The Morgan fingerprint density at radius 3 is 2.41 bits per heavy atom. The average molecular weight is 337 g/mol. The maximum Gasteiger partial charge on any atom is 0.330 e. The Labute approximate surface area is 132 Å². The lowest BCUT2D eigenvalue weighted by atomic mass is 10.1. The van der Waals surface area contributed by atoms with Crippen molar-refractivity contribution in [2.45, 2.75) is 38.1 Å². The number of esters is 1. The van der Waals surface area contributed by atoms with Gasteiger partial charge in [-0.1, -0.05) is 19.4 Å². The maximum absolute atomic E-state index is 10.8. The van der Waals surface area contributed by atoms with Gasteiger partial charge in [-0.2, -0.15) is 0 Å². The van der Waals surface area contributed by atoms with Crippen LogP contribution in [-0.4, -0.2) is 55.7 Å². The summed E-state index contributed by atoms with van der Waals surface area (Å²) < 4.78 is 20.6. The standard InChI is InChI=1S/C14H28NO6P/c1-5-14(16)20-11-9-7-6-8-10-13(15(2,3)4)12-21-22(17,18)19/h5,13H,1,6-12H2,2-4H3,(H-,17,18,19). The number of hydrogen-bond acceptors (Lipinski definition) is 5. The van der Waals surface area contributed by atoms with E-state index in [1.54, 1.807) is 0 Å². The van der Waals surface area contributed by atoms with E-state index in [-0.39, 0.29) is 12.6 Å². The van der Waals surface area contributed by atoms with Crippen molar-refractivity contribution in [1.82, 2.24) is 0 Å². The van der Waals surface area contributed by atoms with E-state index < -0.39 is 13.8 Å². The summed E-state index contributed by atoms with van der Waals surface area (Å²) in [6, 6.07) is -0.0204. The largest absolute Gasteiger partial charge is 0.756 e. The number of hydrogen-bond donors (Lipinski definition) is 1. The molecule has 0 amide bonds. The van der Waals surface area contributed by atoms with E-state index in [0.717, 1.165) is 38.2 Å². The fourth-order valence-electron chi connectivity index (χ4n) is 1.94. The molecular formula is C14H28NO6P. The lowest BCUT2D eigenvalue weighted by Crippen LogP contribution is -2.47. The van der Waals surface area contributed by atoms with E-state index in [0.29, 0.717) is 11.1 Å². The molecule has 0 fully saturated rings. The summed E-state index contributed by atoms with van der Waals surface area (Å²) in [4.78, 5) is 30.2. The number of ether oxygens (including phenoxy) is 1. The van der Waals surface area contributed by atoms with Crippen LogP contribution in [0.15, 0.2) is 12.7 Å². The van der Waals surface area contributed by atoms with Gasteiger partial charge in [-0.25, -0.2) is 4.79 Å².